The van der Waals surface area contributed by atoms with Crippen LogP contribution in [-0.2, 0) is 16.1 Å². The molecule has 2 aromatic rings. The van der Waals surface area contributed by atoms with Crippen LogP contribution in [0.2, 0.25) is 0 Å². The van der Waals surface area contributed by atoms with Gasteiger partial charge in [0.15, 0.2) is 4.77 Å². The Kier molecular flexibility index (Phi) is 6.21. The highest BCUT2D eigenvalue weighted by atomic mass is 32.1. The first-order valence-corrected chi connectivity index (χ1v) is 9.58. The summed E-state index contributed by atoms with van der Waals surface area (Å²) in [6.45, 7) is 5.97. The molecule has 140 valence electrons. The number of amides is 1. The molecule has 1 aliphatic rings. The van der Waals surface area contributed by atoms with Gasteiger partial charge in [0.1, 0.15) is 5.82 Å². The average molecular weight is 375 g/mol. The minimum atomic E-state index is -0.174. The molecule has 1 aliphatic heterocycles. The summed E-state index contributed by atoms with van der Waals surface area (Å²) in [6, 6.07) is 9.99. The van der Waals surface area contributed by atoms with Crippen LogP contribution in [0.4, 0.5) is 0 Å². The first-order valence-electron chi connectivity index (χ1n) is 9.17. The third kappa shape index (κ3) is 4.22. The summed E-state index contributed by atoms with van der Waals surface area (Å²) in [5.41, 5.74) is 1.06. The minimum absolute atomic E-state index is 0.0414. The van der Waals surface area contributed by atoms with Crippen LogP contribution < -0.4 is 5.32 Å². The molecule has 1 saturated heterocycles. The molecule has 3 rings (SSSR count). The number of carbonyl (C=O) groups excluding carboxylic acids is 1. The molecule has 1 fully saturated rings. The molecule has 0 spiro atoms. The molecule has 1 aromatic heterocycles. The van der Waals surface area contributed by atoms with E-state index in [1.54, 1.807) is 0 Å². The number of ether oxygens (including phenoxy) is 1. The molecular weight excluding hydrogens is 348 g/mol. The second-order valence-corrected chi connectivity index (χ2v) is 7.32. The number of aromatic amines is 1. The molecule has 0 radical (unpaired) electrons. The highest BCUT2D eigenvalue weighted by Crippen LogP contribution is 2.33. The summed E-state index contributed by atoms with van der Waals surface area (Å²) in [5.74, 6) is 1.06. The molecule has 2 atom stereocenters. The lowest BCUT2D eigenvalue weighted by atomic mass is 9.89. The van der Waals surface area contributed by atoms with Gasteiger partial charge < -0.3 is 14.6 Å². The van der Waals surface area contributed by atoms with Gasteiger partial charge in [-0.3, -0.25) is 9.89 Å². The van der Waals surface area contributed by atoms with Crippen LogP contribution in [0, 0.1) is 10.7 Å². The Morgan fingerprint density at radius 1 is 1.42 bits per heavy atom. The highest BCUT2D eigenvalue weighted by Gasteiger charge is 2.32. The van der Waals surface area contributed by atoms with Gasteiger partial charge in [-0.1, -0.05) is 44.2 Å². The number of rotatable bonds is 6. The summed E-state index contributed by atoms with van der Waals surface area (Å²) in [5, 5.41) is 10.2. The first-order chi connectivity index (χ1) is 12.6. The Bertz CT molecular complexity index is 784. The monoisotopic (exact) mass is 374 g/mol. The van der Waals surface area contributed by atoms with E-state index in [0.29, 0.717) is 24.5 Å². The highest BCUT2D eigenvalue weighted by molar-refractivity contribution is 7.71. The molecule has 2 N–H and O–H groups in total. The normalized spacial score (nSPS) is 20.3. The van der Waals surface area contributed by atoms with Gasteiger partial charge in [-0.05, 0) is 30.6 Å². The van der Waals surface area contributed by atoms with Crippen LogP contribution in [0.25, 0.3) is 0 Å². The third-order valence-electron chi connectivity index (χ3n) is 4.73. The largest absolute Gasteiger partial charge is 0.373 e. The van der Waals surface area contributed by atoms with E-state index in [2.05, 4.69) is 29.4 Å². The Morgan fingerprint density at radius 2 is 2.19 bits per heavy atom. The molecule has 1 aromatic carbocycles. The predicted octanol–water partition coefficient (Wildman–Crippen LogP) is 3.35. The fraction of sp³-hybridized carbons (Fsp3) is 0.526. The number of H-pyrrole nitrogens is 1. The van der Waals surface area contributed by atoms with Gasteiger partial charge in [-0.2, -0.15) is 5.10 Å². The number of nitrogens with one attached hydrogen (secondary N) is 2. The van der Waals surface area contributed by atoms with Crippen LogP contribution in [0.5, 0.6) is 0 Å². The van der Waals surface area contributed by atoms with Crippen molar-refractivity contribution in [1.82, 2.24) is 20.1 Å². The van der Waals surface area contributed by atoms with Gasteiger partial charge >= 0.3 is 0 Å². The summed E-state index contributed by atoms with van der Waals surface area (Å²) in [7, 11) is 0. The van der Waals surface area contributed by atoms with Gasteiger partial charge in [0.2, 0.25) is 5.91 Å². The maximum atomic E-state index is 12.8. The number of carbonyl (C=O) groups is 1. The van der Waals surface area contributed by atoms with E-state index in [0.717, 1.165) is 24.2 Å². The number of nitrogens with zero attached hydrogens (tertiary/aromatic N) is 2. The van der Waals surface area contributed by atoms with E-state index in [-0.39, 0.29) is 23.8 Å². The van der Waals surface area contributed by atoms with Gasteiger partial charge in [-0.15, -0.1) is 0 Å². The van der Waals surface area contributed by atoms with Crippen LogP contribution in [0.1, 0.15) is 50.1 Å². The molecule has 7 heteroatoms. The molecule has 2 heterocycles. The van der Waals surface area contributed by atoms with Gasteiger partial charge in [0, 0.05) is 25.6 Å². The van der Waals surface area contributed by atoms with Gasteiger partial charge in [0.05, 0.1) is 12.0 Å². The maximum Gasteiger partial charge on any atom is 0.226 e. The predicted molar refractivity (Wildman–Crippen MR) is 102 cm³/mol. The zero-order valence-corrected chi connectivity index (χ0v) is 16.1. The molecule has 0 aliphatic carbocycles. The van der Waals surface area contributed by atoms with Crippen molar-refractivity contribution in [3.05, 3.63) is 46.5 Å². The molecule has 0 bridgehead atoms. The standard InChI is InChI=1S/C19H26N4O2S/c1-13(2)17-21-22-19(26)23(17)11-10-20-18(24)15-9-6-12-25-16(15)14-7-4-3-5-8-14/h3-5,7-8,13,15-16H,6,9-12H2,1-2H3,(H,20,24)(H,22,26)/t15-,16-/m1/s1. The molecule has 6 nitrogen and oxygen atoms in total. The van der Waals surface area contributed by atoms with Crippen molar-refractivity contribution >= 4 is 18.1 Å². The number of hydrogen-bond acceptors (Lipinski definition) is 4. The van der Waals surface area contributed by atoms with Crippen molar-refractivity contribution in [2.75, 3.05) is 13.2 Å². The lowest BCUT2D eigenvalue weighted by molar-refractivity contribution is -0.134. The lowest BCUT2D eigenvalue weighted by Gasteiger charge is -2.31. The average Bonchev–Trinajstić information content (AvgIpc) is 3.03. The van der Waals surface area contributed by atoms with Crippen molar-refractivity contribution in [2.45, 2.75) is 45.3 Å². The maximum absolute atomic E-state index is 12.8. The summed E-state index contributed by atoms with van der Waals surface area (Å²) >= 11 is 5.29. The first kappa shape index (κ1) is 18.8. The Morgan fingerprint density at radius 3 is 2.92 bits per heavy atom. The van der Waals surface area contributed by atoms with Crippen LogP contribution in [-0.4, -0.2) is 33.8 Å². The third-order valence-corrected chi connectivity index (χ3v) is 5.04. The van der Waals surface area contributed by atoms with E-state index in [9.17, 15) is 4.79 Å². The Labute approximate surface area is 159 Å². The molecule has 26 heavy (non-hydrogen) atoms. The molecule has 0 unspecified atom stereocenters. The smallest absolute Gasteiger partial charge is 0.226 e. The Hall–Kier alpha value is -1.99. The van der Waals surface area contributed by atoms with Crippen LogP contribution >= 0.6 is 12.2 Å². The quantitative estimate of drug-likeness (QED) is 0.761. The second-order valence-electron chi connectivity index (χ2n) is 6.94. The van der Waals surface area contributed by atoms with Crippen LogP contribution in [0.15, 0.2) is 30.3 Å². The number of hydrogen-bond donors (Lipinski definition) is 2. The zero-order valence-electron chi connectivity index (χ0n) is 15.3. The minimum Gasteiger partial charge on any atom is -0.373 e. The van der Waals surface area contributed by atoms with Gasteiger partial charge in [0.25, 0.3) is 0 Å². The van der Waals surface area contributed by atoms with E-state index >= 15 is 0 Å². The van der Waals surface area contributed by atoms with Crippen molar-refractivity contribution in [3.8, 4) is 0 Å². The lowest BCUT2D eigenvalue weighted by Crippen LogP contribution is -2.39. The van der Waals surface area contributed by atoms with Crippen molar-refractivity contribution < 1.29 is 9.53 Å². The van der Waals surface area contributed by atoms with E-state index in [1.165, 1.54) is 0 Å². The summed E-state index contributed by atoms with van der Waals surface area (Å²) in [4.78, 5) is 12.8. The topological polar surface area (TPSA) is 71.9 Å². The number of aromatic nitrogens is 3. The zero-order chi connectivity index (χ0) is 18.5. The van der Waals surface area contributed by atoms with E-state index < -0.39 is 0 Å². The van der Waals surface area contributed by atoms with E-state index in [1.807, 2.05) is 34.9 Å². The Balaban J connectivity index is 1.62. The number of benzene rings is 1. The van der Waals surface area contributed by atoms with E-state index in [4.69, 9.17) is 17.0 Å². The summed E-state index contributed by atoms with van der Waals surface area (Å²) in [6.07, 6.45) is 1.58. The van der Waals surface area contributed by atoms with Crippen molar-refractivity contribution in [1.29, 1.82) is 0 Å². The van der Waals surface area contributed by atoms with Crippen molar-refractivity contribution in [2.24, 2.45) is 5.92 Å². The fourth-order valence-electron chi connectivity index (χ4n) is 3.43. The molecular formula is C19H26N4O2S. The summed E-state index contributed by atoms with van der Waals surface area (Å²) < 4.78 is 8.46. The van der Waals surface area contributed by atoms with Crippen LogP contribution in [0.3, 0.4) is 0 Å². The fourth-order valence-corrected chi connectivity index (χ4v) is 3.66. The van der Waals surface area contributed by atoms with Crippen molar-refractivity contribution in [3.63, 3.8) is 0 Å². The SMILES string of the molecule is CC(C)c1n[nH]c(=S)n1CCNC(=O)[C@@H]1CCCO[C@@H]1c1ccccc1. The van der Waals surface area contributed by atoms with Gasteiger partial charge in [-0.25, -0.2) is 0 Å². The molecule has 1 amide bonds. The molecule has 0 saturated carbocycles. The second kappa shape index (κ2) is 8.60.